The van der Waals surface area contributed by atoms with Gasteiger partial charge in [0.1, 0.15) is 6.33 Å². The molecular formula is C12H8Cl2N6O2. The summed E-state index contributed by atoms with van der Waals surface area (Å²) in [7, 11) is 1.44. The Bertz CT molecular complexity index is 948. The number of hydrogen-bond acceptors (Lipinski definition) is 5. The number of benzene rings is 1. The first-order valence-electron chi connectivity index (χ1n) is 6.01. The molecule has 0 spiro atoms. The molecule has 0 saturated heterocycles. The fourth-order valence-corrected chi connectivity index (χ4v) is 2.17. The van der Waals surface area contributed by atoms with Gasteiger partial charge < -0.3 is 5.32 Å². The minimum Gasteiger partial charge on any atom is -0.319 e. The zero-order valence-electron chi connectivity index (χ0n) is 11.1. The number of halogens is 2. The molecule has 1 N–H and O–H groups in total. The molecule has 22 heavy (non-hydrogen) atoms. The molecule has 1 amide bonds. The molecule has 3 aromatic rings. The number of aromatic nitrogens is 5. The minimum atomic E-state index is -0.575. The highest BCUT2D eigenvalue weighted by molar-refractivity contribution is 6.44. The molecule has 1 aromatic carbocycles. The SMILES string of the molecule is Cn1nnc2c(C(=O)Nc3cccc(Cl)c3Cl)ncn2c1=O. The second-order valence-electron chi connectivity index (χ2n) is 4.34. The van der Waals surface area contributed by atoms with Crippen LogP contribution in [0.2, 0.25) is 10.0 Å². The Hall–Kier alpha value is -2.45. The monoisotopic (exact) mass is 338 g/mol. The van der Waals surface area contributed by atoms with Crippen molar-refractivity contribution in [1.29, 1.82) is 0 Å². The highest BCUT2D eigenvalue weighted by atomic mass is 35.5. The highest BCUT2D eigenvalue weighted by Gasteiger charge is 2.18. The van der Waals surface area contributed by atoms with Crippen molar-refractivity contribution in [2.45, 2.75) is 0 Å². The van der Waals surface area contributed by atoms with Crippen LogP contribution in [0.15, 0.2) is 29.3 Å². The second kappa shape index (κ2) is 5.39. The van der Waals surface area contributed by atoms with Crippen molar-refractivity contribution in [2.24, 2.45) is 7.05 Å². The lowest BCUT2D eigenvalue weighted by Crippen LogP contribution is -2.27. The van der Waals surface area contributed by atoms with Crippen LogP contribution in [0.3, 0.4) is 0 Å². The van der Waals surface area contributed by atoms with Crippen LogP contribution in [0.25, 0.3) is 5.65 Å². The summed E-state index contributed by atoms with van der Waals surface area (Å²) in [5.41, 5.74) is -0.116. The lowest BCUT2D eigenvalue weighted by molar-refractivity contribution is 0.102. The molecule has 8 nitrogen and oxygen atoms in total. The summed E-state index contributed by atoms with van der Waals surface area (Å²) in [6.45, 7) is 0. The number of nitrogens with one attached hydrogen (secondary N) is 1. The quantitative estimate of drug-likeness (QED) is 0.761. The minimum absolute atomic E-state index is 0.0405. The van der Waals surface area contributed by atoms with E-state index >= 15 is 0 Å². The van der Waals surface area contributed by atoms with Crippen LogP contribution in [0.1, 0.15) is 10.5 Å². The second-order valence-corrected chi connectivity index (χ2v) is 5.12. The van der Waals surface area contributed by atoms with E-state index in [-0.39, 0.29) is 16.4 Å². The van der Waals surface area contributed by atoms with E-state index in [4.69, 9.17) is 23.2 Å². The first kappa shape index (κ1) is 14.5. The van der Waals surface area contributed by atoms with Crippen molar-refractivity contribution >= 4 is 40.4 Å². The van der Waals surface area contributed by atoms with Gasteiger partial charge in [0.25, 0.3) is 5.91 Å². The molecule has 0 atom stereocenters. The van der Waals surface area contributed by atoms with Crippen LogP contribution < -0.4 is 11.0 Å². The highest BCUT2D eigenvalue weighted by Crippen LogP contribution is 2.29. The zero-order chi connectivity index (χ0) is 15.9. The van der Waals surface area contributed by atoms with Gasteiger partial charge >= 0.3 is 5.69 Å². The van der Waals surface area contributed by atoms with Crippen molar-refractivity contribution < 1.29 is 4.79 Å². The van der Waals surface area contributed by atoms with Gasteiger partial charge in [-0.05, 0) is 12.1 Å². The number of aryl methyl sites for hydroxylation is 1. The van der Waals surface area contributed by atoms with Gasteiger partial charge in [0.05, 0.1) is 15.7 Å². The van der Waals surface area contributed by atoms with E-state index in [9.17, 15) is 9.59 Å². The van der Waals surface area contributed by atoms with Gasteiger partial charge in [0.2, 0.25) is 0 Å². The molecule has 0 saturated carbocycles. The molecule has 2 heterocycles. The summed E-state index contributed by atoms with van der Waals surface area (Å²) in [6.07, 6.45) is 1.21. The lowest BCUT2D eigenvalue weighted by Gasteiger charge is -2.06. The number of rotatable bonds is 2. The predicted octanol–water partition coefficient (Wildman–Crippen LogP) is 1.38. The van der Waals surface area contributed by atoms with E-state index in [0.29, 0.717) is 10.7 Å². The van der Waals surface area contributed by atoms with Gasteiger partial charge in [0, 0.05) is 7.05 Å². The molecule has 0 aliphatic rings. The maximum Gasteiger partial charge on any atom is 0.352 e. The first-order chi connectivity index (χ1) is 10.5. The third-order valence-electron chi connectivity index (χ3n) is 2.91. The number of carbonyl (C=O) groups is 1. The molecule has 3 rings (SSSR count). The number of imidazole rings is 1. The zero-order valence-corrected chi connectivity index (χ0v) is 12.6. The van der Waals surface area contributed by atoms with Crippen molar-refractivity contribution in [3.8, 4) is 0 Å². The average molecular weight is 339 g/mol. The third kappa shape index (κ3) is 2.32. The van der Waals surface area contributed by atoms with Gasteiger partial charge in [-0.2, -0.15) is 4.68 Å². The Labute approximate surface area is 133 Å². The van der Waals surface area contributed by atoms with E-state index < -0.39 is 11.6 Å². The van der Waals surface area contributed by atoms with Crippen molar-refractivity contribution in [2.75, 3.05) is 5.32 Å². The van der Waals surface area contributed by atoms with Gasteiger partial charge in [-0.1, -0.05) is 34.5 Å². The standard InChI is InChI=1S/C12H8Cl2N6O2/c1-19-12(22)20-5-15-9(10(20)17-18-19)11(21)16-7-4-2-3-6(13)8(7)14/h2-5H,1H3,(H,16,21). The Morgan fingerprint density at radius 2 is 2.09 bits per heavy atom. The largest absolute Gasteiger partial charge is 0.352 e. The third-order valence-corrected chi connectivity index (χ3v) is 3.73. The van der Waals surface area contributed by atoms with Crippen LogP contribution in [-0.2, 0) is 7.05 Å². The van der Waals surface area contributed by atoms with Crippen LogP contribution in [0, 0.1) is 0 Å². The summed E-state index contributed by atoms with van der Waals surface area (Å²) in [5.74, 6) is -0.575. The molecule has 10 heteroatoms. The fourth-order valence-electron chi connectivity index (χ4n) is 1.82. The van der Waals surface area contributed by atoms with Gasteiger partial charge in [-0.3, -0.25) is 4.79 Å². The van der Waals surface area contributed by atoms with E-state index in [1.807, 2.05) is 0 Å². The number of fused-ring (bicyclic) bond motifs is 1. The number of hydrogen-bond donors (Lipinski definition) is 1. The van der Waals surface area contributed by atoms with Crippen molar-refractivity contribution in [3.05, 3.63) is 50.7 Å². The van der Waals surface area contributed by atoms with Crippen molar-refractivity contribution in [1.82, 2.24) is 24.4 Å². The summed E-state index contributed by atoms with van der Waals surface area (Å²) in [6, 6.07) is 4.83. The molecule has 0 bridgehead atoms. The van der Waals surface area contributed by atoms with Crippen molar-refractivity contribution in [3.63, 3.8) is 0 Å². The van der Waals surface area contributed by atoms with Crippen LogP contribution in [0.4, 0.5) is 5.69 Å². The Balaban J connectivity index is 2.01. The molecule has 0 radical (unpaired) electrons. The Morgan fingerprint density at radius 1 is 1.32 bits per heavy atom. The van der Waals surface area contributed by atoms with E-state index in [0.717, 1.165) is 9.08 Å². The summed E-state index contributed by atoms with van der Waals surface area (Å²) in [5, 5.41) is 10.5. The summed E-state index contributed by atoms with van der Waals surface area (Å²) in [4.78, 5) is 28.0. The van der Waals surface area contributed by atoms with Gasteiger partial charge in [-0.25, -0.2) is 14.2 Å². The summed E-state index contributed by atoms with van der Waals surface area (Å²) >= 11 is 11.9. The van der Waals surface area contributed by atoms with Crippen LogP contribution >= 0.6 is 23.2 Å². The molecule has 112 valence electrons. The fraction of sp³-hybridized carbons (Fsp3) is 0.0833. The molecule has 0 unspecified atom stereocenters. The Morgan fingerprint density at radius 3 is 2.86 bits per heavy atom. The predicted molar refractivity (Wildman–Crippen MR) is 80.4 cm³/mol. The summed E-state index contributed by atoms with van der Waals surface area (Å²) < 4.78 is 2.16. The molecular weight excluding hydrogens is 331 g/mol. The van der Waals surface area contributed by atoms with Crippen LogP contribution in [0.5, 0.6) is 0 Å². The van der Waals surface area contributed by atoms with Gasteiger partial charge in [-0.15, -0.1) is 5.10 Å². The molecule has 0 aliphatic carbocycles. The molecule has 0 aliphatic heterocycles. The number of nitrogens with zero attached hydrogens (tertiary/aromatic N) is 5. The maximum absolute atomic E-state index is 12.3. The van der Waals surface area contributed by atoms with Gasteiger partial charge in [0.15, 0.2) is 11.3 Å². The number of amides is 1. The molecule has 0 fully saturated rings. The van der Waals surface area contributed by atoms with E-state index in [1.165, 1.54) is 13.4 Å². The number of anilines is 1. The maximum atomic E-state index is 12.3. The lowest BCUT2D eigenvalue weighted by atomic mass is 10.3. The Kier molecular flexibility index (Phi) is 3.55. The number of carbonyl (C=O) groups excluding carboxylic acids is 1. The van der Waals surface area contributed by atoms with E-state index in [1.54, 1.807) is 18.2 Å². The first-order valence-corrected chi connectivity index (χ1v) is 6.77. The topological polar surface area (TPSA) is 94.2 Å². The van der Waals surface area contributed by atoms with E-state index in [2.05, 4.69) is 20.6 Å². The average Bonchev–Trinajstić information content (AvgIpc) is 2.92. The molecule has 2 aromatic heterocycles. The normalized spacial score (nSPS) is 10.9. The smallest absolute Gasteiger partial charge is 0.319 e. The van der Waals surface area contributed by atoms with Crippen LogP contribution in [-0.4, -0.2) is 30.3 Å².